The van der Waals surface area contributed by atoms with Crippen molar-refractivity contribution in [1.82, 2.24) is 9.29 Å². The molecule has 0 N–H and O–H groups in total. The van der Waals surface area contributed by atoms with Crippen LogP contribution in [0, 0.1) is 0 Å². The summed E-state index contributed by atoms with van der Waals surface area (Å²) in [6, 6.07) is 7.27. The van der Waals surface area contributed by atoms with E-state index in [0.717, 1.165) is 19.3 Å². The average Bonchev–Trinajstić information content (AvgIpc) is 3.13. The molecular formula is C19H21ClN2O3S. The number of sulfonamides is 1. The van der Waals surface area contributed by atoms with Crippen molar-refractivity contribution in [2.75, 3.05) is 13.1 Å². The Morgan fingerprint density at radius 3 is 2.77 bits per heavy atom. The van der Waals surface area contributed by atoms with Crippen LogP contribution in [0.25, 0.3) is 0 Å². The molecule has 5 nitrogen and oxygen atoms in total. The van der Waals surface area contributed by atoms with Gasteiger partial charge in [-0.1, -0.05) is 17.7 Å². The van der Waals surface area contributed by atoms with Crippen LogP contribution in [-0.2, 0) is 22.9 Å². The smallest absolute Gasteiger partial charge is 0.243 e. The molecular weight excluding hydrogens is 372 g/mol. The van der Waals surface area contributed by atoms with Crippen molar-refractivity contribution in [3.63, 3.8) is 0 Å². The number of aromatic nitrogens is 1. The van der Waals surface area contributed by atoms with E-state index < -0.39 is 10.0 Å². The van der Waals surface area contributed by atoms with Crippen LogP contribution < -0.4 is 4.74 Å². The van der Waals surface area contributed by atoms with Gasteiger partial charge in [0.05, 0.1) is 11.4 Å². The standard InChI is InChI=1S/C19H21ClN2O3S/c20-18-12-21-9-7-19(18)25-16-8-10-22(13-16)26(23,24)17-6-5-14-3-1-2-4-15(14)11-17/h5-7,9,11-12,16H,1-4,8,10,13H2. The summed E-state index contributed by atoms with van der Waals surface area (Å²) in [5.41, 5.74) is 2.46. The molecule has 0 saturated carbocycles. The fourth-order valence-corrected chi connectivity index (χ4v) is 5.37. The van der Waals surface area contributed by atoms with Gasteiger partial charge in [0.25, 0.3) is 0 Å². The first kappa shape index (κ1) is 17.8. The molecule has 0 amide bonds. The van der Waals surface area contributed by atoms with E-state index in [1.54, 1.807) is 18.3 Å². The lowest BCUT2D eigenvalue weighted by atomic mass is 9.92. The van der Waals surface area contributed by atoms with Crippen LogP contribution in [0.3, 0.4) is 0 Å². The lowest BCUT2D eigenvalue weighted by Crippen LogP contribution is -2.31. The maximum absolute atomic E-state index is 13.0. The third kappa shape index (κ3) is 3.46. The first-order valence-corrected chi connectivity index (χ1v) is 10.7. The molecule has 0 radical (unpaired) electrons. The van der Waals surface area contributed by atoms with Crippen LogP contribution >= 0.6 is 11.6 Å². The lowest BCUT2D eigenvalue weighted by Gasteiger charge is -2.20. The number of nitrogens with zero attached hydrogens (tertiary/aromatic N) is 2. The Morgan fingerprint density at radius 2 is 1.96 bits per heavy atom. The molecule has 138 valence electrons. The third-order valence-electron chi connectivity index (χ3n) is 5.09. The Morgan fingerprint density at radius 1 is 1.15 bits per heavy atom. The highest BCUT2D eigenvalue weighted by atomic mass is 35.5. The largest absolute Gasteiger partial charge is 0.487 e. The third-order valence-corrected chi connectivity index (χ3v) is 7.24. The van der Waals surface area contributed by atoms with E-state index in [1.807, 2.05) is 12.1 Å². The Labute approximate surface area is 159 Å². The minimum absolute atomic E-state index is 0.206. The highest BCUT2D eigenvalue weighted by molar-refractivity contribution is 7.89. The minimum atomic E-state index is -3.50. The van der Waals surface area contributed by atoms with Crippen LogP contribution in [0.15, 0.2) is 41.6 Å². The van der Waals surface area contributed by atoms with Gasteiger partial charge in [0.15, 0.2) is 0 Å². The van der Waals surface area contributed by atoms with Crippen molar-refractivity contribution >= 4 is 21.6 Å². The fraction of sp³-hybridized carbons (Fsp3) is 0.421. The van der Waals surface area contributed by atoms with Crippen molar-refractivity contribution in [1.29, 1.82) is 0 Å². The molecule has 1 saturated heterocycles. The number of pyridine rings is 1. The molecule has 1 aliphatic heterocycles. The number of hydrogen-bond acceptors (Lipinski definition) is 4. The van der Waals surface area contributed by atoms with Crippen molar-refractivity contribution in [2.45, 2.75) is 43.1 Å². The van der Waals surface area contributed by atoms with Crippen LogP contribution in [0.2, 0.25) is 5.02 Å². The summed E-state index contributed by atoms with van der Waals surface area (Å²) in [6.07, 6.45) is 7.88. The Hall–Kier alpha value is -1.63. The highest BCUT2D eigenvalue weighted by Gasteiger charge is 2.34. The second-order valence-corrected chi connectivity index (χ2v) is 9.18. The summed E-state index contributed by atoms with van der Waals surface area (Å²) in [5, 5.41) is 0.434. The number of ether oxygens (including phenoxy) is 1. The summed E-state index contributed by atoms with van der Waals surface area (Å²) in [5.74, 6) is 0.541. The number of fused-ring (bicyclic) bond motifs is 1. The predicted molar refractivity (Wildman–Crippen MR) is 100 cm³/mol. The highest BCUT2D eigenvalue weighted by Crippen LogP contribution is 2.29. The fourth-order valence-electron chi connectivity index (χ4n) is 3.67. The maximum Gasteiger partial charge on any atom is 0.243 e. The van der Waals surface area contributed by atoms with E-state index in [4.69, 9.17) is 16.3 Å². The van der Waals surface area contributed by atoms with E-state index in [2.05, 4.69) is 4.98 Å². The van der Waals surface area contributed by atoms with Gasteiger partial charge in [-0.15, -0.1) is 0 Å². The Bertz CT molecular complexity index is 917. The summed E-state index contributed by atoms with van der Waals surface area (Å²) >= 11 is 6.07. The molecule has 1 aromatic heterocycles. The molecule has 0 spiro atoms. The van der Waals surface area contributed by atoms with Crippen LogP contribution in [0.1, 0.15) is 30.4 Å². The molecule has 1 atom stereocenters. The Balaban J connectivity index is 1.50. The van der Waals surface area contributed by atoms with E-state index >= 15 is 0 Å². The molecule has 1 fully saturated rings. The number of hydrogen-bond donors (Lipinski definition) is 0. The van der Waals surface area contributed by atoms with Crippen LogP contribution in [-0.4, -0.2) is 36.9 Å². The molecule has 1 aromatic carbocycles. The van der Waals surface area contributed by atoms with Gasteiger partial charge in [-0.2, -0.15) is 4.31 Å². The minimum Gasteiger partial charge on any atom is -0.487 e. The van der Waals surface area contributed by atoms with E-state index in [0.29, 0.717) is 35.2 Å². The van der Waals surface area contributed by atoms with Crippen molar-refractivity contribution < 1.29 is 13.2 Å². The maximum atomic E-state index is 13.0. The second-order valence-electron chi connectivity index (χ2n) is 6.84. The molecule has 2 aliphatic rings. The van der Waals surface area contributed by atoms with Gasteiger partial charge in [0.1, 0.15) is 16.9 Å². The number of benzene rings is 1. The first-order chi connectivity index (χ1) is 12.5. The molecule has 2 heterocycles. The van der Waals surface area contributed by atoms with Crippen molar-refractivity contribution in [3.8, 4) is 5.75 Å². The molecule has 4 rings (SSSR count). The van der Waals surface area contributed by atoms with Crippen molar-refractivity contribution in [2.24, 2.45) is 0 Å². The van der Waals surface area contributed by atoms with Gasteiger partial charge >= 0.3 is 0 Å². The van der Waals surface area contributed by atoms with Gasteiger partial charge in [0.2, 0.25) is 10.0 Å². The molecule has 1 unspecified atom stereocenters. The number of aryl methyl sites for hydroxylation is 2. The van der Waals surface area contributed by atoms with Gasteiger partial charge in [-0.25, -0.2) is 8.42 Å². The zero-order valence-electron chi connectivity index (χ0n) is 14.4. The Kier molecular flexibility index (Phi) is 4.90. The molecule has 0 bridgehead atoms. The SMILES string of the molecule is O=S(=O)(c1ccc2c(c1)CCCC2)N1CCC(Oc2ccncc2Cl)C1. The van der Waals surface area contributed by atoms with Crippen LogP contribution in [0.4, 0.5) is 0 Å². The van der Waals surface area contributed by atoms with E-state index in [9.17, 15) is 8.42 Å². The number of rotatable bonds is 4. The van der Waals surface area contributed by atoms with Gasteiger partial charge < -0.3 is 4.74 Å². The summed E-state index contributed by atoms with van der Waals surface area (Å²) in [4.78, 5) is 4.32. The van der Waals surface area contributed by atoms with Crippen molar-refractivity contribution in [3.05, 3.63) is 52.8 Å². The number of halogens is 1. The quantitative estimate of drug-likeness (QED) is 0.799. The molecule has 26 heavy (non-hydrogen) atoms. The van der Waals surface area contributed by atoms with Crippen LogP contribution in [0.5, 0.6) is 5.75 Å². The average molecular weight is 393 g/mol. The van der Waals surface area contributed by atoms with Gasteiger partial charge in [-0.05, 0) is 55.4 Å². The van der Waals surface area contributed by atoms with Gasteiger partial charge in [0, 0.05) is 25.0 Å². The second kappa shape index (κ2) is 7.18. The first-order valence-electron chi connectivity index (χ1n) is 8.92. The molecule has 1 aliphatic carbocycles. The lowest BCUT2D eigenvalue weighted by molar-refractivity contribution is 0.215. The summed E-state index contributed by atoms with van der Waals surface area (Å²) in [6.45, 7) is 0.783. The molecule has 7 heteroatoms. The molecule has 2 aromatic rings. The summed E-state index contributed by atoms with van der Waals surface area (Å²) < 4.78 is 33.4. The summed E-state index contributed by atoms with van der Waals surface area (Å²) in [7, 11) is -3.50. The van der Waals surface area contributed by atoms with Gasteiger partial charge in [-0.3, -0.25) is 4.98 Å². The normalized spacial score (nSPS) is 20.7. The van der Waals surface area contributed by atoms with E-state index in [1.165, 1.54) is 28.0 Å². The monoisotopic (exact) mass is 392 g/mol. The predicted octanol–water partition coefficient (Wildman–Crippen LogP) is 3.46. The zero-order valence-corrected chi connectivity index (χ0v) is 16.0. The zero-order chi connectivity index (χ0) is 18.1. The van der Waals surface area contributed by atoms with E-state index in [-0.39, 0.29) is 6.10 Å². The topological polar surface area (TPSA) is 59.5 Å².